The van der Waals surface area contributed by atoms with E-state index in [0.29, 0.717) is 5.56 Å². The number of hydrogen-bond donors (Lipinski definition) is 3. The zero-order valence-corrected chi connectivity index (χ0v) is 18.7. The number of halogens is 3. The summed E-state index contributed by atoms with van der Waals surface area (Å²) in [4.78, 5) is 7.57. The maximum Gasteiger partial charge on any atom is 0.573 e. The van der Waals surface area contributed by atoms with Crippen molar-refractivity contribution in [1.82, 2.24) is 5.01 Å². The van der Waals surface area contributed by atoms with Gasteiger partial charge in [0.05, 0.1) is 6.54 Å². The van der Waals surface area contributed by atoms with Crippen molar-refractivity contribution < 1.29 is 45.5 Å². The Bertz CT molecular complexity index is 1160. The van der Waals surface area contributed by atoms with Crippen LogP contribution in [0.2, 0.25) is 0 Å². The van der Waals surface area contributed by atoms with Crippen molar-refractivity contribution in [3.63, 3.8) is 0 Å². The lowest BCUT2D eigenvalue weighted by atomic mass is 10.2. The largest absolute Gasteiger partial charge is 0.573 e. The quantitative estimate of drug-likeness (QED) is 0.145. The van der Waals surface area contributed by atoms with E-state index in [2.05, 4.69) is 16.6 Å². The lowest BCUT2D eigenvalue weighted by Gasteiger charge is -2.17. The summed E-state index contributed by atoms with van der Waals surface area (Å²) in [6.07, 6.45) is -5.08. The summed E-state index contributed by atoms with van der Waals surface area (Å²) < 4.78 is 77.2. The molecule has 0 saturated heterocycles. The lowest BCUT2D eigenvalue weighted by Crippen LogP contribution is -2.34. The first kappa shape index (κ1) is 28.8. The van der Waals surface area contributed by atoms with Gasteiger partial charge < -0.3 is 24.6 Å². The van der Waals surface area contributed by atoms with Crippen molar-refractivity contribution in [3.05, 3.63) is 58.1 Å². The van der Waals surface area contributed by atoms with E-state index in [1.165, 1.54) is 24.3 Å². The SMILES string of the molecule is C=NN(CCOc1cc(C)cc(OS(=O)(=O)c2ccccc2OC(F)(F)F)c1)C(=N)N.O=[N+]([O-])O. The number of guanidine groups is 1. The average molecular weight is 523 g/mol. The molecule has 0 saturated carbocycles. The first-order valence-electron chi connectivity index (χ1n) is 9.10. The molecule has 0 aliphatic heterocycles. The molecule has 0 spiro atoms. The number of aryl methyl sites for hydroxylation is 1. The Labute approximate surface area is 196 Å². The van der Waals surface area contributed by atoms with Crippen LogP contribution in [-0.2, 0) is 10.1 Å². The van der Waals surface area contributed by atoms with Gasteiger partial charge in [0.15, 0.2) is 5.75 Å². The molecule has 0 atom stereocenters. The van der Waals surface area contributed by atoms with Crippen LogP contribution in [0, 0.1) is 22.4 Å². The Hall–Kier alpha value is -4.28. The Kier molecular flexibility index (Phi) is 10.1. The zero-order valence-electron chi connectivity index (χ0n) is 17.9. The van der Waals surface area contributed by atoms with Crippen LogP contribution in [0.1, 0.15) is 5.56 Å². The third-order valence-electron chi connectivity index (χ3n) is 3.60. The number of para-hydroxylation sites is 1. The van der Waals surface area contributed by atoms with Gasteiger partial charge in [0.2, 0.25) is 5.96 Å². The van der Waals surface area contributed by atoms with E-state index >= 15 is 0 Å². The van der Waals surface area contributed by atoms with Crippen LogP contribution in [0.25, 0.3) is 0 Å². The van der Waals surface area contributed by atoms with Crippen LogP contribution in [-0.4, -0.2) is 55.9 Å². The minimum atomic E-state index is -5.08. The molecule has 2 aromatic rings. The van der Waals surface area contributed by atoms with Crippen LogP contribution in [0.3, 0.4) is 0 Å². The highest BCUT2D eigenvalue weighted by Gasteiger charge is 2.34. The van der Waals surface area contributed by atoms with Crippen molar-refractivity contribution in [2.75, 3.05) is 13.2 Å². The van der Waals surface area contributed by atoms with Crippen molar-refractivity contribution in [1.29, 1.82) is 5.41 Å². The number of hydrazone groups is 1. The van der Waals surface area contributed by atoms with E-state index in [1.807, 2.05) is 0 Å². The van der Waals surface area contributed by atoms with Gasteiger partial charge in [-0.2, -0.15) is 13.5 Å². The number of alkyl halides is 3. The van der Waals surface area contributed by atoms with E-state index in [-0.39, 0.29) is 30.6 Å². The summed E-state index contributed by atoms with van der Waals surface area (Å²) in [5.41, 5.74) is 5.87. The van der Waals surface area contributed by atoms with Crippen molar-refractivity contribution in [3.8, 4) is 17.2 Å². The molecular weight excluding hydrogens is 503 g/mol. The second-order valence-electron chi connectivity index (χ2n) is 6.25. The Morgan fingerprint density at radius 2 is 1.86 bits per heavy atom. The number of benzene rings is 2. The average Bonchev–Trinajstić information content (AvgIpc) is 2.69. The van der Waals surface area contributed by atoms with Gasteiger partial charge in [0.1, 0.15) is 23.0 Å². The number of nitrogens with two attached hydrogens (primary N) is 1. The van der Waals surface area contributed by atoms with E-state index < -0.39 is 32.2 Å². The minimum absolute atomic E-state index is 0.0243. The van der Waals surface area contributed by atoms with E-state index in [4.69, 9.17) is 35.4 Å². The maximum absolute atomic E-state index is 12.6. The predicted octanol–water partition coefficient (Wildman–Crippen LogP) is 2.50. The Morgan fingerprint density at radius 3 is 2.40 bits per heavy atom. The fourth-order valence-corrected chi connectivity index (χ4v) is 3.44. The van der Waals surface area contributed by atoms with Crippen molar-refractivity contribution >= 4 is 22.8 Å². The molecule has 17 heteroatoms. The first-order chi connectivity index (χ1) is 16.1. The van der Waals surface area contributed by atoms with Gasteiger partial charge in [-0.15, -0.1) is 23.3 Å². The summed E-state index contributed by atoms with van der Waals surface area (Å²) in [5, 5.41) is 25.5. The normalized spacial score (nSPS) is 10.9. The molecule has 192 valence electrons. The van der Waals surface area contributed by atoms with Crippen LogP contribution in [0.5, 0.6) is 17.2 Å². The van der Waals surface area contributed by atoms with Crippen molar-refractivity contribution in [2.45, 2.75) is 18.2 Å². The van der Waals surface area contributed by atoms with Gasteiger partial charge >= 0.3 is 16.5 Å². The van der Waals surface area contributed by atoms with Crippen LogP contribution < -0.4 is 19.4 Å². The molecule has 2 rings (SSSR count). The monoisotopic (exact) mass is 523 g/mol. The third-order valence-corrected chi connectivity index (χ3v) is 4.88. The molecule has 0 aliphatic carbocycles. The van der Waals surface area contributed by atoms with E-state index in [9.17, 15) is 21.6 Å². The molecule has 0 fully saturated rings. The Balaban J connectivity index is 0.00000142. The summed E-state index contributed by atoms with van der Waals surface area (Å²) >= 11 is 0. The lowest BCUT2D eigenvalue weighted by molar-refractivity contribution is -0.742. The maximum atomic E-state index is 12.6. The fourth-order valence-electron chi connectivity index (χ4n) is 2.40. The fraction of sp³-hybridized carbons (Fsp3) is 0.222. The highest BCUT2D eigenvalue weighted by molar-refractivity contribution is 7.87. The van der Waals surface area contributed by atoms with Gasteiger partial charge in [0.25, 0.3) is 5.09 Å². The number of hydrogen-bond acceptors (Lipinski definition) is 9. The zero-order chi connectivity index (χ0) is 26.8. The second kappa shape index (κ2) is 12.3. The predicted molar refractivity (Wildman–Crippen MR) is 115 cm³/mol. The molecular formula is C18H20F3N5O8S. The summed E-state index contributed by atoms with van der Waals surface area (Å²) in [6.45, 7) is 5.03. The molecule has 13 nitrogen and oxygen atoms in total. The van der Waals surface area contributed by atoms with Crippen LogP contribution >= 0.6 is 0 Å². The minimum Gasteiger partial charge on any atom is -0.492 e. The molecule has 0 unspecified atom stereocenters. The number of ether oxygens (including phenoxy) is 2. The molecule has 2 aromatic carbocycles. The van der Waals surface area contributed by atoms with Gasteiger partial charge in [-0.1, -0.05) is 12.1 Å². The molecule has 4 N–H and O–H groups in total. The first-order valence-corrected chi connectivity index (χ1v) is 10.5. The highest BCUT2D eigenvalue weighted by atomic mass is 32.2. The molecule has 0 amide bonds. The number of rotatable bonds is 9. The number of nitrogens with zero attached hydrogens (tertiary/aromatic N) is 3. The summed E-state index contributed by atoms with van der Waals surface area (Å²) in [5.74, 6) is -1.21. The summed E-state index contributed by atoms with van der Waals surface area (Å²) in [7, 11) is -4.66. The van der Waals surface area contributed by atoms with E-state index in [0.717, 1.165) is 17.1 Å². The van der Waals surface area contributed by atoms with Gasteiger partial charge in [-0.25, -0.2) is 5.01 Å². The summed E-state index contributed by atoms with van der Waals surface area (Å²) in [6, 6.07) is 8.42. The van der Waals surface area contributed by atoms with Crippen LogP contribution in [0.15, 0.2) is 52.5 Å². The van der Waals surface area contributed by atoms with Gasteiger partial charge in [-0.05, 0) is 36.8 Å². The highest BCUT2D eigenvalue weighted by Crippen LogP contribution is 2.32. The third kappa shape index (κ3) is 10.5. The molecule has 35 heavy (non-hydrogen) atoms. The molecule has 0 heterocycles. The van der Waals surface area contributed by atoms with Crippen molar-refractivity contribution in [2.24, 2.45) is 10.8 Å². The standard InChI is InChI=1S/C18H19F3N4O5S.HNO3/c1-12-9-13(28-8-7-25(24-2)17(22)23)11-14(10-12)30-31(26,27)16-6-4-3-5-15(16)29-18(19,20)21;2-1(3)4/h3-6,9-11H,2,7-8H2,1H3,(H3,22,23);(H,2,3,4). The molecule has 0 bridgehead atoms. The second-order valence-corrected chi connectivity index (χ2v) is 7.76. The smallest absolute Gasteiger partial charge is 0.492 e. The molecule has 0 radical (unpaired) electrons. The topological polar surface area (TPSA) is 191 Å². The molecule has 0 aromatic heterocycles. The van der Waals surface area contributed by atoms with E-state index in [1.54, 1.807) is 13.0 Å². The Morgan fingerprint density at radius 1 is 1.29 bits per heavy atom. The molecule has 0 aliphatic rings. The number of nitrogens with one attached hydrogen (secondary N) is 1. The van der Waals surface area contributed by atoms with Gasteiger partial charge in [-0.3, -0.25) is 5.41 Å². The van der Waals surface area contributed by atoms with Crippen LogP contribution in [0.4, 0.5) is 13.2 Å². The van der Waals surface area contributed by atoms with Gasteiger partial charge in [0, 0.05) is 12.8 Å².